The van der Waals surface area contributed by atoms with Gasteiger partial charge >= 0.3 is 0 Å². The van der Waals surface area contributed by atoms with Crippen LogP contribution in [0.25, 0.3) is 16.6 Å². The van der Waals surface area contributed by atoms with Crippen molar-refractivity contribution in [2.75, 3.05) is 12.4 Å². The third-order valence-corrected chi connectivity index (χ3v) is 15.7. The number of hydrogen-bond donors (Lipinski definition) is 3. The van der Waals surface area contributed by atoms with E-state index in [9.17, 15) is 5.11 Å². The second-order valence-corrected chi connectivity index (χ2v) is 20.6. The van der Waals surface area contributed by atoms with E-state index in [0.29, 0.717) is 45.7 Å². The van der Waals surface area contributed by atoms with Crippen LogP contribution in [0.3, 0.4) is 0 Å². The Bertz CT molecular complexity index is 1830. The third kappa shape index (κ3) is 6.00. The van der Waals surface area contributed by atoms with Gasteiger partial charge in [-0.1, -0.05) is 32.4 Å². The molecule has 0 spiro atoms. The number of nitrogens with zero attached hydrogens (tertiary/aromatic N) is 4. The van der Waals surface area contributed by atoms with Crippen LogP contribution in [-0.4, -0.2) is 52.6 Å². The Balaban J connectivity index is 1.26. The highest BCUT2D eigenvalue weighted by molar-refractivity contribution is 6.74. The van der Waals surface area contributed by atoms with E-state index in [1.165, 1.54) is 0 Å². The molecule has 248 valence electrons. The van der Waals surface area contributed by atoms with Gasteiger partial charge in [0, 0.05) is 35.6 Å². The number of aliphatic hydroxyl groups is 1. The Morgan fingerprint density at radius 1 is 1.09 bits per heavy atom. The van der Waals surface area contributed by atoms with Gasteiger partial charge in [0.25, 0.3) is 0 Å². The van der Waals surface area contributed by atoms with Gasteiger partial charge in [0.1, 0.15) is 11.6 Å². The van der Waals surface area contributed by atoms with Crippen LogP contribution in [0.15, 0.2) is 60.0 Å². The van der Waals surface area contributed by atoms with E-state index in [2.05, 4.69) is 50.2 Å². The van der Waals surface area contributed by atoms with Crippen molar-refractivity contribution in [2.45, 2.75) is 82.7 Å². The van der Waals surface area contributed by atoms with Crippen molar-refractivity contribution < 1.29 is 14.3 Å². The third-order valence-electron chi connectivity index (χ3n) is 11.1. The SMILES string of the molecule is COc1ccc(-c2cc3c(NC4C5CC6CC4CC(O)(C6)C5)c(/C(N)=N/c4ccc(O[Si](C)(C)C(C)(C)C)cc4Cl)cnn3c2)cn1. The number of anilines is 1. The van der Waals surface area contributed by atoms with E-state index in [-0.39, 0.29) is 11.1 Å². The van der Waals surface area contributed by atoms with Gasteiger partial charge in [0.05, 0.1) is 46.4 Å². The highest BCUT2D eigenvalue weighted by atomic mass is 35.5. The monoisotopic (exact) mass is 672 g/mol. The standard InChI is InChI=1S/C36H45ClN6O3Si/c1-35(2,3)47(5,6)46-26-8-9-29(28(37)14-26)41-34(38)27-19-40-43-20-25(22-7-10-31(45-4)39-18-22)13-30(43)33(27)42-32-23-11-21-12-24(32)17-36(44,15-21)16-23/h7-10,13-14,18-21,23-24,32,42,44H,11-12,15-17H2,1-6H3,(H2,38,41). The van der Waals surface area contributed by atoms with Gasteiger partial charge in [-0.05, 0) is 98.3 Å². The van der Waals surface area contributed by atoms with Crippen LogP contribution < -0.4 is 20.2 Å². The first-order chi connectivity index (χ1) is 22.2. The number of rotatable bonds is 8. The molecule has 4 aliphatic carbocycles. The maximum atomic E-state index is 11.3. The fourth-order valence-corrected chi connectivity index (χ4v) is 9.13. The van der Waals surface area contributed by atoms with Crippen LogP contribution in [0.1, 0.15) is 58.4 Å². The van der Waals surface area contributed by atoms with Crippen molar-refractivity contribution >= 4 is 42.6 Å². The minimum absolute atomic E-state index is 0.0629. The molecule has 4 N–H and O–H groups in total. The van der Waals surface area contributed by atoms with Crippen molar-refractivity contribution in [3.8, 4) is 22.8 Å². The lowest BCUT2D eigenvalue weighted by atomic mass is 9.52. The number of aromatic nitrogens is 3. The first kappa shape index (κ1) is 32.0. The Kier molecular flexibility index (Phi) is 7.84. The first-order valence-electron chi connectivity index (χ1n) is 16.6. The molecular weight excluding hydrogens is 628 g/mol. The lowest BCUT2D eigenvalue weighted by molar-refractivity contribution is -0.129. The summed E-state index contributed by atoms with van der Waals surface area (Å²) in [6, 6.07) is 11.8. The summed E-state index contributed by atoms with van der Waals surface area (Å²) in [5.74, 6) is 3.01. The van der Waals surface area contributed by atoms with Crippen molar-refractivity contribution in [1.29, 1.82) is 0 Å². The fourth-order valence-electron chi connectivity index (χ4n) is 7.90. The van der Waals surface area contributed by atoms with E-state index in [1.807, 2.05) is 41.0 Å². The largest absolute Gasteiger partial charge is 0.543 e. The Labute approximate surface area is 282 Å². The molecule has 4 aliphatic rings. The zero-order chi connectivity index (χ0) is 33.3. The highest BCUT2D eigenvalue weighted by Crippen LogP contribution is 2.56. The normalized spacial score (nSPS) is 25.7. The smallest absolute Gasteiger partial charge is 0.250 e. The minimum atomic E-state index is -2.03. The molecule has 0 saturated heterocycles. The lowest BCUT2D eigenvalue weighted by Crippen LogP contribution is -2.59. The number of fused-ring (bicyclic) bond motifs is 1. The number of amidine groups is 1. The number of nitrogens with two attached hydrogens (primary N) is 1. The molecule has 8 rings (SSSR count). The summed E-state index contributed by atoms with van der Waals surface area (Å²) < 4.78 is 13.6. The fraction of sp³-hybridized carbons (Fsp3) is 0.472. The summed E-state index contributed by atoms with van der Waals surface area (Å²) in [6.07, 6.45) is 10.5. The maximum absolute atomic E-state index is 11.3. The maximum Gasteiger partial charge on any atom is 0.250 e. The van der Waals surface area contributed by atoms with Crippen molar-refractivity contribution in [3.63, 3.8) is 0 Å². The number of nitrogens with one attached hydrogen (secondary N) is 1. The summed E-state index contributed by atoms with van der Waals surface area (Å²) in [4.78, 5) is 9.23. The molecule has 3 aromatic heterocycles. The molecule has 1 aromatic carbocycles. The second-order valence-electron chi connectivity index (χ2n) is 15.4. The van der Waals surface area contributed by atoms with Crippen LogP contribution in [0, 0.1) is 17.8 Å². The molecule has 2 unspecified atom stereocenters. The molecule has 47 heavy (non-hydrogen) atoms. The molecule has 0 radical (unpaired) electrons. The van der Waals surface area contributed by atoms with Gasteiger partial charge in [0.15, 0.2) is 0 Å². The van der Waals surface area contributed by atoms with Crippen LogP contribution in [0.4, 0.5) is 11.4 Å². The molecule has 2 atom stereocenters. The average molecular weight is 673 g/mol. The molecule has 4 bridgehead atoms. The van der Waals surface area contributed by atoms with E-state index in [1.54, 1.807) is 19.5 Å². The van der Waals surface area contributed by atoms with Gasteiger partial charge in [-0.2, -0.15) is 5.10 Å². The zero-order valence-electron chi connectivity index (χ0n) is 28.0. The lowest BCUT2D eigenvalue weighted by Gasteiger charge is -2.58. The molecular formula is C36H45ClN6O3Si. The van der Waals surface area contributed by atoms with Gasteiger partial charge in [-0.3, -0.25) is 0 Å². The number of methoxy groups -OCH3 is 1. The minimum Gasteiger partial charge on any atom is -0.543 e. The number of halogens is 1. The summed E-state index contributed by atoms with van der Waals surface area (Å²) in [5, 5.41) is 20.5. The van der Waals surface area contributed by atoms with Crippen LogP contribution in [0.5, 0.6) is 11.6 Å². The molecule has 4 fully saturated rings. The molecule has 0 amide bonds. The summed E-state index contributed by atoms with van der Waals surface area (Å²) >= 11 is 6.78. The summed E-state index contributed by atoms with van der Waals surface area (Å²) in [7, 11) is -0.425. The predicted molar refractivity (Wildman–Crippen MR) is 191 cm³/mol. The Hall–Kier alpha value is -3.60. The number of ether oxygens (including phenoxy) is 1. The molecule has 3 heterocycles. The van der Waals surface area contributed by atoms with Gasteiger partial charge < -0.3 is 25.3 Å². The quantitative estimate of drug-likeness (QED) is 0.0991. The zero-order valence-corrected chi connectivity index (χ0v) is 29.8. The summed E-state index contributed by atoms with van der Waals surface area (Å²) in [5.41, 5.74) is 11.3. The van der Waals surface area contributed by atoms with E-state index in [4.69, 9.17) is 36.6 Å². The van der Waals surface area contributed by atoms with E-state index in [0.717, 1.165) is 60.2 Å². The van der Waals surface area contributed by atoms with Crippen LogP contribution >= 0.6 is 11.6 Å². The molecule has 0 aliphatic heterocycles. The van der Waals surface area contributed by atoms with E-state index < -0.39 is 13.9 Å². The Morgan fingerprint density at radius 2 is 1.83 bits per heavy atom. The van der Waals surface area contributed by atoms with Crippen molar-refractivity contribution in [3.05, 3.63) is 65.6 Å². The summed E-state index contributed by atoms with van der Waals surface area (Å²) in [6.45, 7) is 11.1. The molecule has 9 nitrogen and oxygen atoms in total. The van der Waals surface area contributed by atoms with Crippen LogP contribution in [0.2, 0.25) is 23.2 Å². The topological polar surface area (TPSA) is 119 Å². The van der Waals surface area contributed by atoms with Crippen molar-refractivity contribution in [1.82, 2.24) is 14.6 Å². The second kappa shape index (κ2) is 11.5. The number of aliphatic imine (C=N–C) groups is 1. The average Bonchev–Trinajstić information content (AvgIpc) is 3.43. The number of hydrogen-bond acceptors (Lipinski definition) is 7. The van der Waals surface area contributed by atoms with Gasteiger partial charge in [0.2, 0.25) is 14.2 Å². The van der Waals surface area contributed by atoms with Gasteiger partial charge in [-0.15, -0.1) is 0 Å². The first-order valence-corrected chi connectivity index (χ1v) is 19.8. The molecule has 4 aromatic rings. The van der Waals surface area contributed by atoms with Gasteiger partial charge in [-0.25, -0.2) is 14.5 Å². The molecule has 4 saturated carbocycles. The molecule has 11 heteroatoms. The van der Waals surface area contributed by atoms with Crippen LogP contribution in [-0.2, 0) is 0 Å². The van der Waals surface area contributed by atoms with E-state index >= 15 is 0 Å². The number of pyridine rings is 1. The highest BCUT2D eigenvalue weighted by Gasteiger charge is 2.55. The Morgan fingerprint density at radius 3 is 2.45 bits per heavy atom. The van der Waals surface area contributed by atoms with Crippen molar-refractivity contribution in [2.24, 2.45) is 28.5 Å². The number of benzene rings is 1. The predicted octanol–water partition coefficient (Wildman–Crippen LogP) is 7.83.